The van der Waals surface area contributed by atoms with Gasteiger partial charge < -0.3 is 14.5 Å². The van der Waals surface area contributed by atoms with Gasteiger partial charge in [0.05, 0.1) is 28.1 Å². The normalized spacial score (nSPS) is 13.5. The summed E-state index contributed by atoms with van der Waals surface area (Å²) < 4.78 is 35.7. The van der Waals surface area contributed by atoms with E-state index in [0.29, 0.717) is 29.5 Å². The van der Waals surface area contributed by atoms with Crippen LogP contribution in [0.1, 0.15) is 62.3 Å². The number of aryl methyl sites for hydroxylation is 1. The van der Waals surface area contributed by atoms with Crippen LogP contribution in [0.3, 0.4) is 0 Å². The minimum Gasteiger partial charge on any atom is -0.457 e. The topological polar surface area (TPSA) is 33.5 Å². The molecule has 0 spiro atoms. The van der Waals surface area contributed by atoms with Gasteiger partial charge in [-0.3, -0.25) is 4.57 Å². The maximum atomic E-state index is 8.77. The van der Waals surface area contributed by atoms with Crippen molar-refractivity contribution in [3.8, 4) is 61.8 Å². The van der Waals surface area contributed by atoms with Gasteiger partial charge in [-0.15, -0.1) is 0 Å². The molecule has 0 atom stereocenters. The highest BCUT2D eigenvalue weighted by atomic mass is 16.5. The molecule has 12 rings (SSSR count). The lowest BCUT2D eigenvalue weighted by Crippen LogP contribution is -2.25. The molecule has 0 unspecified atom stereocenters. The van der Waals surface area contributed by atoms with E-state index in [-0.39, 0.29) is 16.4 Å². The average molecular weight is 964 g/mol. The first-order chi connectivity index (χ1) is 37.1. The molecule has 0 amide bonds. The van der Waals surface area contributed by atoms with E-state index in [2.05, 4.69) is 232 Å². The quantitative estimate of drug-likeness (QED) is 0.144. The van der Waals surface area contributed by atoms with Crippen molar-refractivity contribution < 1.29 is 8.85 Å². The standard InChI is InChI=1S/C69H60N4O/c1-46-38-65(70-44-60(46)49-26-15-10-16-27-49)73-61-31-18-17-28-58(61)66-59(50-34-36-51(37-35-50)68(2,3)4)42-55(43-64(66)73)74-54-40-52(69(5,6)7)39-53(41-54)71-45-72(63-33-20-19-32-62(63)71)67-56(47-22-11-8-12-23-47)29-21-30-57(67)48-24-13-9-14-25-48/h8-44H,45H2,1-7H3/i1D3. The molecule has 0 aliphatic carbocycles. The van der Waals surface area contributed by atoms with Gasteiger partial charge in [0.1, 0.15) is 24.0 Å². The van der Waals surface area contributed by atoms with Crippen molar-refractivity contribution in [3.63, 3.8) is 0 Å². The lowest BCUT2D eigenvalue weighted by molar-refractivity contribution is 0.479. The van der Waals surface area contributed by atoms with Crippen LogP contribution in [0.4, 0.5) is 22.7 Å². The van der Waals surface area contributed by atoms with Gasteiger partial charge in [0.2, 0.25) is 0 Å². The third-order valence-electron chi connectivity index (χ3n) is 14.5. The van der Waals surface area contributed by atoms with Crippen LogP contribution in [-0.2, 0) is 10.8 Å². The Morgan fingerprint density at radius 3 is 1.64 bits per heavy atom. The molecule has 0 fully saturated rings. The first kappa shape index (κ1) is 43.0. The van der Waals surface area contributed by atoms with Crippen LogP contribution in [0.25, 0.3) is 72.1 Å². The minimum absolute atomic E-state index is 0.0367. The maximum absolute atomic E-state index is 8.77. The molecule has 2 aromatic heterocycles. The van der Waals surface area contributed by atoms with Crippen LogP contribution in [0.2, 0.25) is 0 Å². The third-order valence-corrected chi connectivity index (χ3v) is 14.5. The van der Waals surface area contributed by atoms with E-state index in [4.69, 9.17) is 13.8 Å². The van der Waals surface area contributed by atoms with Gasteiger partial charge in [0.25, 0.3) is 0 Å². The van der Waals surface area contributed by atoms with Crippen molar-refractivity contribution in [1.29, 1.82) is 0 Å². The summed E-state index contributed by atoms with van der Waals surface area (Å²) in [6.45, 7) is 11.6. The van der Waals surface area contributed by atoms with Crippen molar-refractivity contribution in [3.05, 3.63) is 241 Å². The Balaban J connectivity index is 1.03. The van der Waals surface area contributed by atoms with Crippen LogP contribution in [0, 0.1) is 6.85 Å². The average Bonchev–Trinajstić information content (AvgIpc) is 3.99. The number of benzene rings is 9. The van der Waals surface area contributed by atoms with E-state index in [9.17, 15) is 0 Å². The summed E-state index contributed by atoms with van der Waals surface area (Å²) in [5, 5.41) is 2.04. The molecule has 5 nitrogen and oxygen atoms in total. The molecule has 1 aliphatic rings. The smallest absolute Gasteiger partial charge is 0.137 e. The molecule has 0 N–H and O–H groups in total. The fourth-order valence-electron chi connectivity index (χ4n) is 10.7. The van der Waals surface area contributed by atoms with E-state index in [1.165, 1.54) is 5.56 Å². The van der Waals surface area contributed by atoms with E-state index >= 15 is 0 Å². The summed E-state index contributed by atoms with van der Waals surface area (Å²) in [4.78, 5) is 9.95. The number of para-hydroxylation sites is 4. The van der Waals surface area contributed by atoms with Gasteiger partial charge in [-0.2, -0.15) is 0 Å². The number of aromatic nitrogens is 2. The summed E-state index contributed by atoms with van der Waals surface area (Å²) in [7, 11) is 0. The third kappa shape index (κ3) is 8.48. The Morgan fingerprint density at radius 2 is 1.01 bits per heavy atom. The van der Waals surface area contributed by atoms with E-state index in [0.717, 1.165) is 89.1 Å². The fourth-order valence-corrected chi connectivity index (χ4v) is 10.7. The zero-order valence-electron chi connectivity index (χ0n) is 45.8. The largest absolute Gasteiger partial charge is 0.457 e. The van der Waals surface area contributed by atoms with Crippen LogP contribution in [-0.4, -0.2) is 16.2 Å². The van der Waals surface area contributed by atoms with E-state index in [1.807, 2.05) is 36.4 Å². The van der Waals surface area contributed by atoms with Gasteiger partial charge in [-0.05, 0) is 105 Å². The Kier molecular flexibility index (Phi) is 10.7. The molecule has 0 saturated heterocycles. The second-order valence-corrected chi connectivity index (χ2v) is 21.5. The number of rotatable bonds is 9. The monoisotopic (exact) mass is 963 g/mol. The summed E-state index contributed by atoms with van der Waals surface area (Å²) in [5.41, 5.74) is 16.5. The Hall–Kier alpha value is -8.67. The van der Waals surface area contributed by atoms with Crippen LogP contribution < -0.4 is 14.5 Å². The molecule has 11 aromatic rings. The van der Waals surface area contributed by atoms with Gasteiger partial charge in [-0.25, -0.2) is 4.98 Å². The van der Waals surface area contributed by atoms with Gasteiger partial charge in [0, 0.05) is 55.6 Å². The summed E-state index contributed by atoms with van der Waals surface area (Å²) >= 11 is 0. The lowest BCUT2D eigenvalue weighted by Gasteiger charge is -2.28. The molecular weight excluding hydrogens is 901 g/mol. The molecule has 9 aromatic carbocycles. The molecule has 362 valence electrons. The van der Waals surface area contributed by atoms with Gasteiger partial charge >= 0.3 is 0 Å². The summed E-state index contributed by atoms with van der Waals surface area (Å²) in [5.74, 6) is 1.84. The minimum atomic E-state index is -2.41. The molecule has 74 heavy (non-hydrogen) atoms. The summed E-state index contributed by atoms with van der Waals surface area (Å²) in [6.07, 6.45) is 1.71. The van der Waals surface area contributed by atoms with Crippen LogP contribution in [0.5, 0.6) is 11.5 Å². The molecule has 0 radical (unpaired) electrons. The predicted molar refractivity (Wildman–Crippen MR) is 311 cm³/mol. The Morgan fingerprint density at radius 1 is 0.459 bits per heavy atom. The number of nitrogens with zero attached hydrogens (tertiary/aromatic N) is 4. The number of pyridine rings is 1. The highest BCUT2D eigenvalue weighted by Crippen LogP contribution is 2.51. The van der Waals surface area contributed by atoms with Crippen molar-refractivity contribution in [1.82, 2.24) is 9.55 Å². The van der Waals surface area contributed by atoms with Gasteiger partial charge in [-0.1, -0.05) is 205 Å². The first-order valence-electron chi connectivity index (χ1n) is 27.0. The summed E-state index contributed by atoms with van der Waals surface area (Å²) in [6, 6.07) is 76.1. The lowest BCUT2D eigenvalue weighted by atomic mass is 9.86. The second kappa shape index (κ2) is 18.4. The molecular formula is C69H60N4O. The van der Waals surface area contributed by atoms with Crippen molar-refractivity contribution in [2.24, 2.45) is 0 Å². The maximum Gasteiger partial charge on any atom is 0.137 e. The zero-order valence-corrected chi connectivity index (χ0v) is 42.8. The molecule has 0 bridgehead atoms. The molecule has 1 aliphatic heterocycles. The number of hydrogen-bond acceptors (Lipinski definition) is 4. The van der Waals surface area contributed by atoms with Crippen LogP contribution >= 0.6 is 0 Å². The van der Waals surface area contributed by atoms with Crippen molar-refractivity contribution in [2.75, 3.05) is 16.5 Å². The second-order valence-electron chi connectivity index (χ2n) is 21.5. The first-order valence-corrected chi connectivity index (χ1v) is 25.5. The molecule has 5 heteroatoms. The molecule has 3 heterocycles. The predicted octanol–water partition coefficient (Wildman–Crippen LogP) is 18.8. The highest BCUT2D eigenvalue weighted by molar-refractivity contribution is 6.16. The number of ether oxygens (including phenoxy) is 1. The Labute approximate surface area is 439 Å². The van der Waals surface area contributed by atoms with Crippen molar-refractivity contribution >= 4 is 44.6 Å². The highest BCUT2D eigenvalue weighted by Gasteiger charge is 2.32. The van der Waals surface area contributed by atoms with E-state index in [1.54, 1.807) is 12.3 Å². The van der Waals surface area contributed by atoms with Crippen LogP contribution in [0.15, 0.2) is 225 Å². The van der Waals surface area contributed by atoms with Gasteiger partial charge in [0.15, 0.2) is 0 Å². The molecule has 0 saturated carbocycles. The number of hydrogen-bond donors (Lipinski definition) is 0. The fraction of sp³-hybridized carbons (Fsp3) is 0.145. The SMILES string of the molecule is [2H]C([2H])([2H])c1cc(-n2c3ccccc3c3c(-c4ccc(C(C)(C)C)cc4)cc(Oc4cc(N5CN(c6c(-c7ccccc7)cccc6-c6ccccc6)c6ccccc65)cc(C(C)(C)C)c4)cc32)ncc1-c1ccccc1. The number of fused-ring (bicyclic) bond motifs is 4. The van der Waals surface area contributed by atoms with Crippen molar-refractivity contribution in [2.45, 2.75) is 59.2 Å². The Bertz CT molecular complexity index is 3930. The van der Waals surface area contributed by atoms with E-state index < -0.39 is 6.85 Å². The number of anilines is 4. The zero-order chi connectivity index (χ0) is 53.2.